The fourth-order valence-corrected chi connectivity index (χ4v) is 5.02. The Kier molecular flexibility index (Phi) is 2.85. The molecule has 0 aliphatic heterocycles. The quantitative estimate of drug-likeness (QED) is 0.226. The van der Waals surface area contributed by atoms with Gasteiger partial charge in [-0.2, -0.15) is 0 Å². The summed E-state index contributed by atoms with van der Waals surface area (Å²) >= 11 is 0. The maximum atomic E-state index is 9.23. The third kappa shape index (κ3) is 3.37. The Morgan fingerprint density at radius 1 is 0.703 bits per heavy atom. The van der Waals surface area contributed by atoms with Gasteiger partial charge in [0, 0.05) is 18.8 Å². The molecule has 0 aliphatic rings. The summed E-state index contributed by atoms with van der Waals surface area (Å²) in [7, 11) is 0. The smallest absolute Gasteiger partial charge is 0.114 e. The van der Waals surface area contributed by atoms with Gasteiger partial charge in [-0.05, 0) is 56.4 Å². The van der Waals surface area contributed by atoms with Crippen LogP contribution in [0.5, 0.6) is 0 Å². The molecule has 0 unspecified atom stereocenters. The van der Waals surface area contributed by atoms with E-state index in [0.717, 1.165) is 0 Å². The second kappa shape index (κ2) is 8.76. The molecule has 176 valence electrons. The number of rotatable bonds is 4. The first-order valence-corrected chi connectivity index (χ1v) is 11.7. The SMILES string of the molecule is [2H]c1c([2H])c([2H])c2c(-c3ccccc3-n3c(C([2H])([2H])C([2H])([2H])[2H])nc4ccccc43)c3c([2H])c([2H])c([2H])c([2H])c3c(-c3ccccc3)c2c1[2H]. The van der Waals surface area contributed by atoms with Crippen molar-refractivity contribution in [1.29, 1.82) is 0 Å². The van der Waals surface area contributed by atoms with Gasteiger partial charge in [0.2, 0.25) is 0 Å². The number of nitrogens with zero attached hydrogens (tertiary/aromatic N) is 2. The molecule has 0 bridgehead atoms. The molecular formula is C35H26N2. The first kappa shape index (κ1) is 12.0. The molecule has 0 aliphatic carbocycles. The molecular weight excluding hydrogens is 448 g/mol. The Balaban J connectivity index is 1.79. The maximum absolute atomic E-state index is 9.23. The zero-order valence-electron chi connectivity index (χ0n) is 32.4. The fourth-order valence-electron chi connectivity index (χ4n) is 5.02. The normalized spacial score (nSPS) is 17.2. The number of imidazole rings is 1. The van der Waals surface area contributed by atoms with E-state index < -0.39 is 67.4 Å². The molecule has 6 aromatic carbocycles. The van der Waals surface area contributed by atoms with Crippen LogP contribution in [0.25, 0.3) is 60.5 Å². The molecule has 0 atom stereocenters. The minimum absolute atomic E-state index is 0.0235. The standard InChI is InChI=1S/C35H26N2/c1-2-33-36-30-21-11-13-23-32(30)37(33)31-22-12-10-20-29(31)35-27-18-8-6-16-25(27)34(24-14-4-3-5-15-24)26-17-7-9-19-28(26)35/h3-23H,2H2,1H3/i1D3,2D2,6D,7D,8D,9D,16D,17D,18D,19D. The molecule has 0 fully saturated rings. The molecule has 0 radical (unpaired) electrons. The topological polar surface area (TPSA) is 17.8 Å². The minimum atomic E-state index is -3.14. The van der Waals surface area contributed by atoms with E-state index in [1.807, 2.05) is 0 Å². The van der Waals surface area contributed by atoms with E-state index in [0.29, 0.717) is 16.6 Å². The Morgan fingerprint density at radius 2 is 1.30 bits per heavy atom. The van der Waals surface area contributed by atoms with Gasteiger partial charge in [0.1, 0.15) is 5.82 Å². The van der Waals surface area contributed by atoms with Crippen LogP contribution in [0, 0.1) is 0 Å². The summed E-state index contributed by atoms with van der Waals surface area (Å²) in [5, 5.41) is 0.00501. The summed E-state index contributed by atoms with van der Waals surface area (Å²) in [6.45, 7) is -3.14. The first-order chi connectivity index (χ1) is 23.6. The highest BCUT2D eigenvalue weighted by Gasteiger charge is 2.20. The van der Waals surface area contributed by atoms with Gasteiger partial charge in [-0.1, -0.05) is 116 Å². The lowest BCUT2D eigenvalue weighted by Crippen LogP contribution is -2.03. The molecule has 0 saturated heterocycles. The molecule has 0 amide bonds. The average Bonchev–Trinajstić information content (AvgIpc) is 3.50. The molecule has 1 heterocycles. The van der Waals surface area contributed by atoms with E-state index in [1.54, 1.807) is 78.9 Å². The van der Waals surface area contributed by atoms with Gasteiger partial charge in [0.05, 0.1) is 27.7 Å². The van der Waals surface area contributed by atoms with Crippen LogP contribution in [-0.4, -0.2) is 9.55 Å². The Morgan fingerprint density at radius 3 is 2.00 bits per heavy atom. The predicted octanol–water partition coefficient (Wildman–Crippen LogP) is 9.23. The van der Waals surface area contributed by atoms with Crippen LogP contribution < -0.4 is 0 Å². The van der Waals surface area contributed by atoms with E-state index in [-0.39, 0.29) is 43.9 Å². The van der Waals surface area contributed by atoms with Gasteiger partial charge in [-0.25, -0.2) is 4.98 Å². The third-order valence-corrected chi connectivity index (χ3v) is 6.52. The van der Waals surface area contributed by atoms with E-state index in [9.17, 15) is 2.74 Å². The van der Waals surface area contributed by atoms with Crippen LogP contribution in [0.4, 0.5) is 0 Å². The van der Waals surface area contributed by atoms with E-state index in [2.05, 4.69) is 4.98 Å². The molecule has 2 nitrogen and oxygen atoms in total. The lowest BCUT2D eigenvalue weighted by molar-refractivity contribution is 0.909. The summed E-state index contributed by atoms with van der Waals surface area (Å²) in [6.07, 6.45) is -2.97. The van der Waals surface area contributed by atoms with Crippen molar-refractivity contribution in [3.05, 3.63) is 133 Å². The highest BCUT2D eigenvalue weighted by molar-refractivity contribution is 6.22. The van der Waals surface area contributed by atoms with Crippen LogP contribution >= 0.6 is 0 Å². The van der Waals surface area contributed by atoms with Crippen LogP contribution in [-0.2, 0) is 6.37 Å². The van der Waals surface area contributed by atoms with Crippen molar-refractivity contribution in [2.75, 3.05) is 0 Å². The van der Waals surface area contributed by atoms with Gasteiger partial charge >= 0.3 is 0 Å². The van der Waals surface area contributed by atoms with Crippen LogP contribution in [0.3, 0.4) is 0 Å². The number of fused-ring (bicyclic) bond motifs is 3. The molecule has 0 saturated carbocycles. The summed E-state index contributed by atoms with van der Waals surface area (Å²) in [4.78, 5) is 4.44. The Labute approximate surface area is 234 Å². The van der Waals surface area contributed by atoms with Crippen molar-refractivity contribution in [3.8, 4) is 27.9 Å². The van der Waals surface area contributed by atoms with Crippen LogP contribution in [0.2, 0.25) is 0 Å². The number of hydrogen-bond donors (Lipinski definition) is 0. The number of aromatic nitrogens is 2. The van der Waals surface area contributed by atoms with Crippen molar-refractivity contribution < 1.29 is 17.8 Å². The van der Waals surface area contributed by atoms with Crippen LogP contribution in [0.1, 0.15) is 30.5 Å². The number of hydrogen-bond acceptors (Lipinski definition) is 1. The van der Waals surface area contributed by atoms with Gasteiger partial charge < -0.3 is 0 Å². The fraction of sp³-hybridized carbons (Fsp3) is 0.0571. The third-order valence-electron chi connectivity index (χ3n) is 6.52. The first-order valence-electron chi connectivity index (χ1n) is 18.2. The van der Waals surface area contributed by atoms with E-state index in [1.165, 1.54) is 4.57 Å². The van der Waals surface area contributed by atoms with Gasteiger partial charge in [0.25, 0.3) is 0 Å². The molecule has 0 spiro atoms. The predicted molar refractivity (Wildman–Crippen MR) is 156 cm³/mol. The lowest BCUT2D eigenvalue weighted by atomic mass is 9.85. The van der Waals surface area contributed by atoms with E-state index in [4.69, 9.17) is 15.1 Å². The Hall–Kier alpha value is -4.69. The van der Waals surface area contributed by atoms with Crippen LogP contribution in [0.15, 0.2) is 127 Å². The number of benzene rings is 6. The van der Waals surface area contributed by atoms with Crippen molar-refractivity contribution in [1.82, 2.24) is 9.55 Å². The Bertz CT molecular complexity index is 2460. The van der Waals surface area contributed by atoms with Crippen molar-refractivity contribution in [2.45, 2.75) is 13.2 Å². The van der Waals surface area contributed by atoms with E-state index >= 15 is 0 Å². The zero-order chi connectivity index (χ0) is 36.0. The van der Waals surface area contributed by atoms with Crippen molar-refractivity contribution in [2.24, 2.45) is 0 Å². The average molecular weight is 488 g/mol. The largest absolute Gasteiger partial charge is 0.296 e. The van der Waals surface area contributed by atoms with Gasteiger partial charge in [-0.3, -0.25) is 4.57 Å². The summed E-state index contributed by atoms with van der Waals surface area (Å²) < 4.78 is 114. The number of para-hydroxylation sites is 3. The summed E-state index contributed by atoms with van der Waals surface area (Å²) in [5.41, 5.74) is 1.73. The molecule has 37 heavy (non-hydrogen) atoms. The molecule has 7 aromatic rings. The summed E-state index contributed by atoms with van der Waals surface area (Å²) in [6, 6.07) is 17.7. The minimum Gasteiger partial charge on any atom is -0.296 e. The molecule has 1 aromatic heterocycles. The lowest BCUT2D eigenvalue weighted by Gasteiger charge is -2.20. The zero-order valence-corrected chi connectivity index (χ0v) is 19.4. The monoisotopic (exact) mass is 487 g/mol. The van der Waals surface area contributed by atoms with Crippen molar-refractivity contribution in [3.63, 3.8) is 0 Å². The molecule has 7 rings (SSSR count). The highest BCUT2D eigenvalue weighted by atomic mass is 15.1. The van der Waals surface area contributed by atoms with Crippen molar-refractivity contribution >= 4 is 32.6 Å². The molecule has 0 N–H and O–H groups in total. The maximum Gasteiger partial charge on any atom is 0.114 e. The second-order valence-corrected chi connectivity index (χ2v) is 8.52. The molecule has 2 heteroatoms. The summed E-state index contributed by atoms with van der Waals surface area (Å²) in [5.74, 6) is -0.440. The highest BCUT2D eigenvalue weighted by Crippen LogP contribution is 2.45. The second-order valence-electron chi connectivity index (χ2n) is 8.52. The van der Waals surface area contributed by atoms with Gasteiger partial charge in [-0.15, -0.1) is 0 Å². The van der Waals surface area contributed by atoms with Gasteiger partial charge in [0.15, 0.2) is 0 Å². The number of aryl methyl sites for hydroxylation is 1.